The molecule has 2 unspecified atom stereocenters. The van der Waals surface area contributed by atoms with Crippen molar-refractivity contribution >= 4 is 23.3 Å². The monoisotopic (exact) mass is 424 g/mol. The number of fused-ring (bicyclic) bond motifs is 2. The second-order valence-corrected chi connectivity index (χ2v) is 11.6. The number of hydrogen-bond donors (Lipinski definition) is 1. The number of benzene rings is 1. The number of amides is 2. The Bertz CT molecular complexity index is 892. The molecule has 1 saturated carbocycles. The summed E-state index contributed by atoms with van der Waals surface area (Å²) in [4.78, 5) is 39.3. The average molecular weight is 425 g/mol. The van der Waals surface area contributed by atoms with Crippen molar-refractivity contribution in [3.05, 3.63) is 42.0 Å². The maximum absolute atomic E-state index is 13.2. The smallest absolute Gasteiger partial charge is 0.254 e. The molecule has 0 aromatic heterocycles. The van der Waals surface area contributed by atoms with Gasteiger partial charge in [-0.3, -0.25) is 14.4 Å². The van der Waals surface area contributed by atoms with Gasteiger partial charge in [-0.2, -0.15) is 0 Å². The summed E-state index contributed by atoms with van der Waals surface area (Å²) < 4.78 is 0. The van der Waals surface area contributed by atoms with Crippen molar-refractivity contribution in [2.24, 2.45) is 16.2 Å². The number of rotatable bonds is 5. The van der Waals surface area contributed by atoms with E-state index in [0.717, 1.165) is 25.8 Å². The topological polar surface area (TPSA) is 66.5 Å². The van der Waals surface area contributed by atoms with Gasteiger partial charge in [0.05, 0.1) is 6.42 Å². The molecule has 2 fully saturated rings. The van der Waals surface area contributed by atoms with E-state index in [1.807, 2.05) is 25.7 Å². The van der Waals surface area contributed by atoms with Gasteiger partial charge in [0, 0.05) is 23.8 Å². The zero-order chi connectivity index (χ0) is 23.0. The highest BCUT2D eigenvalue weighted by atomic mass is 16.2. The molecule has 2 amide bonds. The normalized spacial score (nSPS) is 25.0. The number of likely N-dealkylation sites (tertiary alicyclic amines) is 1. The molecule has 1 aliphatic carbocycles. The minimum atomic E-state index is -0.355. The van der Waals surface area contributed by atoms with Gasteiger partial charge in [0.1, 0.15) is 0 Å². The Morgan fingerprint density at radius 3 is 2.35 bits per heavy atom. The van der Waals surface area contributed by atoms with E-state index in [-0.39, 0.29) is 40.3 Å². The Labute approximate surface area is 186 Å². The van der Waals surface area contributed by atoms with E-state index < -0.39 is 0 Å². The largest absolute Gasteiger partial charge is 0.335 e. The fraction of sp³-hybridized carbons (Fsp3) is 0.577. The van der Waals surface area contributed by atoms with E-state index in [9.17, 15) is 14.4 Å². The van der Waals surface area contributed by atoms with Gasteiger partial charge in [0.15, 0.2) is 5.78 Å². The minimum Gasteiger partial charge on any atom is -0.335 e. The van der Waals surface area contributed by atoms with Gasteiger partial charge in [0.2, 0.25) is 5.91 Å². The lowest BCUT2D eigenvalue weighted by Crippen LogP contribution is -2.37. The number of nitrogens with zero attached hydrogens (tertiary/aromatic N) is 1. The van der Waals surface area contributed by atoms with Gasteiger partial charge < -0.3 is 10.2 Å². The molecule has 5 nitrogen and oxygen atoms in total. The first kappa shape index (κ1) is 23.2. The average Bonchev–Trinajstić information content (AvgIpc) is 2.88. The Morgan fingerprint density at radius 2 is 1.74 bits per heavy atom. The highest BCUT2D eigenvalue weighted by Gasteiger charge is 2.50. The fourth-order valence-corrected chi connectivity index (χ4v) is 5.32. The molecule has 168 valence electrons. The van der Waals surface area contributed by atoms with E-state index in [1.165, 1.54) is 6.08 Å². The summed E-state index contributed by atoms with van der Waals surface area (Å²) in [7, 11) is 0. The molecular formula is C26H36N2O3. The Morgan fingerprint density at radius 1 is 1.10 bits per heavy atom. The van der Waals surface area contributed by atoms with Crippen LogP contribution in [0.4, 0.5) is 5.69 Å². The predicted molar refractivity (Wildman–Crippen MR) is 124 cm³/mol. The lowest BCUT2D eigenvalue weighted by atomic mass is 9.65. The van der Waals surface area contributed by atoms with Crippen molar-refractivity contribution < 1.29 is 14.4 Å². The quantitative estimate of drug-likeness (QED) is 0.520. The van der Waals surface area contributed by atoms with Crippen LogP contribution in [-0.4, -0.2) is 35.1 Å². The Balaban J connectivity index is 1.59. The number of ketones is 1. The molecule has 0 radical (unpaired) electrons. The first-order valence-electron chi connectivity index (χ1n) is 11.2. The Kier molecular flexibility index (Phi) is 6.18. The van der Waals surface area contributed by atoms with Gasteiger partial charge in [-0.1, -0.05) is 47.6 Å². The van der Waals surface area contributed by atoms with Gasteiger partial charge in [-0.15, -0.1) is 0 Å². The van der Waals surface area contributed by atoms with Crippen LogP contribution >= 0.6 is 0 Å². The minimum absolute atomic E-state index is 0.0618. The molecule has 2 bridgehead atoms. The number of anilines is 1. The Hall–Kier alpha value is -2.43. The summed E-state index contributed by atoms with van der Waals surface area (Å²) in [6.07, 6.45) is 6.34. The van der Waals surface area contributed by atoms with Crippen molar-refractivity contribution in [3.63, 3.8) is 0 Å². The molecule has 31 heavy (non-hydrogen) atoms. The molecule has 1 aliphatic heterocycles. The molecular weight excluding hydrogens is 388 g/mol. The number of nitrogens with one attached hydrogen (secondary N) is 1. The first-order chi connectivity index (χ1) is 14.3. The molecule has 1 saturated heterocycles. The van der Waals surface area contributed by atoms with Crippen molar-refractivity contribution in [1.29, 1.82) is 0 Å². The van der Waals surface area contributed by atoms with Crippen LogP contribution in [0.1, 0.15) is 77.6 Å². The molecule has 1 heterocycles. The zero-order valence-electron chi connectivity index (χ0n) is 19.7. The third-order valence-corrected chi connectivity index (χ3v) is 6.20. The van der Waals surface area contributed by atoms with Crippen LogP contribution in [0, 0.1) is 16.2 Å². The fourth-order valence-electron chi connectivity index (χ4n) is 5.32. The third-order valence-electron chi connectivity index (χ3n) is 6.20. The summed E-state index contributed by atoms with van der Waals surface area (Å²) in [5.41, 5.74) is 1.58. The van der Waals surface area contributed by atoms with Gasteiger partial charge in [0.25, 0.3) is 5.91 Å². The molecule has 1 N–H and O–H groups in total. The van der Waals surface area contributed by atoms with E-state index in [4.69, 9.17) is 0 Å². The highest BCUT2D eigenvalue weighted by molar-refractivity contribution is 6.08. The van der Waals surface area contributed by atoms with Crippen molar-refractivity contribution in [1.82, 2.24) is 4.90 Å². The first-order valence-corrected chi connectivity index (χ1v) is 11.2. The number of carbonyl (C=O) groups is 3. The SMILES string of the molecule is CC(C)(C)/C=C\C(=O)CC(=O)Nc1ccc(C(=O)N2CC3(C)CC2CC(C)(C)C3)cc1. The van der Waals surface area contributed by atoms with E-state index in [0.29, 0.717) is 17.3 Å². The van der Waals surface area contributed by atoms with Gasteiger partial charge in [-0.05, 0) is 65.8 Å². The molecule has 5 heteroatoms. The number of carbonyl (C=O) groups excluding carboxylic acids is 3. The lowest BCUT2D eigenvalue weighted by Gasteiger charge is -2.39. The van der Waals surface area contributed by atoms with E-state index in [2.05, 4.69) is 26.1 Å². The lowest BCUT2D eigenvalue weighted by molar-refractivity contribution is -0.122. The second kappa shape index (κ2) is 8.25. The number of allylic oxidation sites excluding steroid dienone is 2. The zero-order valence-corrected chi connectivity index (χ0v) is 19.7. The third kappa shape index (κ3) is 6.05. The van der Waals surface area contributed by atoms with Crippen LogP contribution in [0.15, 0.2) is 36.4 Å². The molecule has 1 aromatic rings. The second-order valence-electron chi connectivity index (χ2n) is 11.6. The summed E-state index contributed by atoms with van der Waals surface area (Å²) in [6.45, 7) is 13.7. The van der Waals surface area contributed by atoms with Crippen molar-refractivity contribution in [2.75, 3.05) is 11.9 Å². The molecule has 0 spiro atoms. The van der Waals surface area contributed by atoms with Crippen LogP contribution in [-0.2, 0) is 9.59 Å². The van der Waals surface area contributed by atoms with Crippen molar-refractivity contribution in [2.45, 2.75) is 73.3 Å². The maximum Gasteiger partial charge on any atom is 0.254 e. The van der Waals surface area contributed by atoms with Crippen molar-refractivity contribution in [3.8, 4) is 0 Å². The van der Waals surface area contributed by atoms with Crippen LogP contribution in [0.5, 0.6) is 0 Å². The molecule has 2 aliphatic rings. The van der Waals surface area contributed by atoms with E-state index >= 15 is 0 Å². The molecule has 1 aromatic carbocycles. The summed E-state index contributed by atoms with van der Waals surface area (Å²) >= 11 is 0. The van der Waals surface area contributed by atoms with Crippen LogP contribution < -0.4 is 5.32 Å². The summed E-state index contributed by atoms with van der Waals surface area (Å²) in [5, 5.41) is 2.74. The standard InChI is InChI=1S/C26H36N2O3/c1-24(2,3)12-11-21(29)13-22(30)27-19-9-7-18(8-10-19)23(31)28-17-26(6)15-20(28)14-25(4,5)16-26/h7-12,20H,13-17H2,1-6H3,(H,27,30)/b12-11-. The van der Waals surface area contributed by atoms with Crippen LogP contribution in [0.3, 0.4) is 0 Å². The van der Waals surface area contributed by atoms with Crippen LogP contribution in [0.25, 0.3) is 0 Å². The number of hydrogen-bond acceptors (Lipinski definition) is 3. The van der Waals surface area contributed by atoms with E-state index in [1.54, 1.807) is 30.3 Å². The highest BCUT2D eigenvalue weighted by Crippen LogP contribution is 2.52. The maximum atomic E-state index is 13.2. The summed E-state index contributed by atoms with van der Waals surface area (Å²) in [6, 6.07) is 7.28. The molecule has 2 atom stereocenters. The summed E-state index contributed by atoms with van der Waals surface area (Å²) in [5.74, 6) is -0.520. The van der Waals surface area contributed by atoms with Gasteiger partial charge >= 0.3 is 0 Å². The molecule has 3 rings (SSSR count). The predicted octanol–water partition coefficient (Wildman–Crippen LogP) is 5.23. The van der Waals surface area contributed by atoms with Gasteiger partial charge in [-0.25, -0.2) is 0 Å². The van der Waals surface area contributed by atoms with Crippen LogP contribution in [0.2, 0.25) is 0 Å².